The lowest BCUT2D eigenvalue weighted by Crippen LogP contribution is -2.28. The second-order valence-corrected chi connectivity index (χ2v) is 5.14. The Morgan fingerprint density at radius 3 is 2.88 bits per heavy atom. The molecule has 0 saturated carbocycles. The van der Waals surface area contributed by atoms with Gasteiger partial charge in [0.2, 0.25) is 0 Å². The fraction of sp³-hybridized carbons (Fsp3) is 0.538. The second kappa shape index (κ2) is 5.96. The molecule has 0 fully saturated rings. The van der Waals surface area contributed by atoms with E-state index in [1.165, 1.54) is 4.88 Å². The Kier molecular flexibility index (Phi) is 4.87. The number of aryl methyl sites for hydroxylation is 2. The van der Waals surface area contributed by atoms with Crippen LogP contribution in [0.4, 0.5) is 0 Å². The van der Waals surface area contributed by atoms with Crippen LogP contribution in [0.2, 0.25) is 0 Å². The van der Waals surface area contributed by atoms with Crippen molar-refractivity contribution < 1.29 is 9.53 Å². The number of nitrogens with zero attached hydrogens (tertiary/aromatic N) is 1. The molecule has 0 amide bonds. The molecule has 1 atom stereocenters. The van der Waals surface area contributed by atoms with E-state index in [2.05, 4.69) is 11.6 Å². The van der Waals surface area contributed by atoms with E-state index in [0.29, 0.717) is 13.0 Å². The van der Waals surface area contributed by atoms with Gasteiger partial charge in [-0.05, 0) is 33.6 Å². The molecule has 94 valence electrons. The molecule has 0 bridgehead atoms. The zero-order valence-corrected chi connectivity index (χ0v) is 11.5. The van der Waals surface area contributed by atoms with Gasteiger partial charge in [-0.2, -0.15) is 0 Å². The van der Waals surface area contributed by atoms with Crippen molar-refractivity contribution in [2.75, 3.05) is 6.61 Å². The first kappa shape index (κ1) is 13.9. The Hall–Kier alpha value is -1.16. The van der Waals surface area contributed by atoms with Gasteiger partial charge < -0.3 is 4.74 Å². The minimum atomic E-state index is -0.605. The van der Waals surface area contributed by atoms with Crippen LogP contribution in [-0.2, 0) is 16.0 Å². The van der Waals surface area contributed by atoms with Gasteiger partial charge in [-0.3, -0.25) is 4.79 Å². The zero-order valence-electron chi connectivity index (χ0n) is 10.7. The van der Waals surface area contributed by atoms with Gasteiger partial charge in [-0.25, -0.2) is 4.98 Å². The van der Waals surface area contributed by atoms with E-state index in [9.17, 15) is 4.79 Å². The maximum absolute atomic E-state index is 11.8. The summed E-state index contributed by atoms with van der Waals surface area (Å²) in [5.74, 6) is -0.197. The van der Waals surface area contributed by atoms with E-state index in [1.54, 1.807) is 17.4 Å². The summed E-state index contributed by atoms with van der Waals surface area (Å²) < 4.78 is 5.08. The van der Waals surface area contributed by atoms with E-state index in [1.807, 2.05) is 26.3 Å². The molecule has 1 unspecified atom stereocenters. The maximum atomic E-state index is 11.8. The van der Waals surface area contributed by atoms with Crippen molar-refractivity contribution in [1.82, 2.24) is 4.98 Å². The topological polar surface area (TPSA) is 39.2 Å². The Balaban J connectivity index is 2.66. The molecule has 1 aromatic rings. The highest BCUT2D eigenvalue weighted by Gasteiger charge is 2.31. The molecule has 4 heteroatoms. The van der Waals surface area contributed by atoms with Gasteiger partial charge in [0, 0.05) is 4.88 Å². The monoisotopic (exact) mass is 253 g/mol. The molecule has 0 radical (unpaired) electrons. The largest absolute Gasteiger partial charge is 0.465 e. The molecule has 0 aromatic carbocycles. The third-order valence-electron chi connectivity index (χ3n) is 2.91. The van der Waals surface area contributed by atoms with E-state index >= 15 is 0 Å². The summed E-state index contributed by atoms with van der Waals surface area (Å²) in [6, 6.07) is 0. The lowest BCUT2D eigenvalue weighted by Gasteiger charge is -2.22. The van der Waals surface area contributed by atoms with Gasteiger partial charge in [0.15, 0.2) is 0 Å². The number of carbonyl (C=O) groups is 1. The predicted molar refractivity (Wildman–Crippen MR) is 70.1 cm³/mol. The van der Waals surface area contributed by atoms with Crippen molar-refractivity contribution in [3.63, 3.8) is 0 Å². The summed E-state index contributed by atoms with van der Waals surface area (Å²) in [5, 5.41) is 0. The number of rotatable bonds is 6. The van der Waals surface area contributed by atoms with Gasteiger partial charge in [0.25, 0.3) is 0 Å². The number of thiazole rings is 1. The van der Waals surface area contributed by atoms with Gasteiger partial charge in [-0.1, -0.05) is 6.08 Å². The molecule has 1 aromatic heterocycles. The average Bonchev–Trinajstić information content (AvgIpc) is 2.72. The fourth-order valence-electron chi connectivity index (χ4n) is 1.52. The van der Waals surface area contributed by atoms with Crippen LogP contribution in [0.15, 0.2) is 18.2 Å². The van der Waals surface area contributed by atoms with Crippen LogP contribution in [-0.4, -0.2) is 17.6 Å². The summed E-state index contributed by atoms with van der Waals surface area (Å²) in [6.45, 7) is 9.82. The van der Waals surface area contributed by atoms with Crippen molar-refractivity contribution >= 4 is 17.3 Å². The number of carbonyl (C=O) groups excluding carboxylic acids is 1. The smallest absolute Gasteiger partial charge is 0.315 e. The zero-order chi connectivity index (χ0) is 12.9. The molecule has 1 rings (SSSR count). The molecule has 0 saturated heterocycles. The van der Waals surface area contributed by atoms with Crippen LogP contribution >= 0.6 is 11.3 Å². The van der Waals surface area contributed by atoms with Crippen LogP contribution in [0.25, 0.3) is 0 Å². The van der Waals surface area contributed by atoms with Gasteiger partial charge in [-0.15, -0.1) is 17.9 Å². The van der Waals surface area contributed by atoms with Crippen LogP contribution < -0.4 is 0 Å². The molecule has 0 N–H and O–H groups in total. The summed E-state index contributed by atoms with van der Waals surface area (Å²) in [7, 11) is 0. The SMILES string of the molecule is C=CC(C)(CCc1scnc1C)C(=O)OCC. The summed E-state index contributed by atoms with van der Waals surface area (Å²) in [4.78, 5) is 17.3. The maximum Gasteiger partial charge on any atom is 0.315 e. The Bertz CT molecular complexity index is 400. The minimum Gasteiger partial charge on any atom is -0.465 e. The van der Waals surface area contributed by atoms with Crippen LogP contribution in [0, 0.1) is 12.3 Å². The number of hydrogen-bond donors (Lipinski definition) is 0. The highest BCUT2D eigenvalue weighted by atomic mass is 32.1. The quantitative estimate of drug-likeness (QED) is 0.577. The van der Waals surface area contributed by atoms with E-state index in [0.717, 1.165) is 12.1 Å². The molecule has 0 spiro atoms. The summed E-state index contributed by atoms with van der Waals surface area (Å²) in [6.07, 6.45) is 3.22. The van der Waals surface area contributed by atoms with E-state index < -0.39 is 5.41 Å². The van der Waals surface area contributed by atoms with Gasteiger partial charge in [0.05, 0.1) is 23.2 Å². The molecule has 0 aliphatic heterocycles. The lowest BCUT2D eigenvalue weighted by molar-refractivity contribution is -0.151. The second-order valence-electron chi connectivity index (χ2n) is 4.20. The highest BCUT2D eigenvalue weighted by Crippen LogP contribution is 2.28. The first-order valence-electron chi connectivity index (χ1n) is 5.73. The Morgan fingerprint density at radius 1 is 1.71 bits per heavy atom. The highest BCUT2D eigenvalue weighted by molar-refractivity contribution is 7.09. The Morgan fingerprint density at radius 2 is 2.41 bits per heavy atom. The lowest BCUT2D eigenvalue weighted by atomic mass is 9.85. The summed E-state index contributed by atoms with van der Waals surface area (Å²) >= 11 is 1.63. The third-order valence-corrected chi connectivity index (χ3v) is 3.90. The molecular weight excluding hydrogens is 234 g/mol. The Labute approximate surface area is 107 Å². The van der Waals surface area contributed by atoms with E-state index in [4.69, 9.17) is 4.74 Å². The first-order chi connectivity index (χ1) is 8.03. The van der Waals surface area contributed by atoms with Crippen molar-refractivity contribution in [3.8, 4) is 0 Å². The molecule has 0 aliphatic carbocycles. The fourth-order valence-corrected chi connectivity index (χ4v) is 2.30. The van der Waals surface area contributed by atoms with E-state index in [-0.39, 0.29) is 5.97 Å². The minimum absolute atomic E-state index is 0.197. The van der Waals surface area contributed by atoms with Crippen molar-refractivity contribution in [2.24, 2.45) is 5.41 Å². The average molecular weight is 253 g/mol. The predicted octanol–water partition coefficient (Wildman–Crippen LogP) is 3.14. The van der Waals surface area contributed by atoms with Crippen LogP contribution in [0.1, 0.15) is 30.8 Å². The number of esters is 1. The number of ether oxygens (including phenoxy) is 1. The van der Waals surface area contributed by atoms with Crippen LogP contribution in [0.3, 0.4) is 0 Å². The standard InChI is InChI=1S/C13H19NO2S/c1-5-13(4,12(15)16-6-2)8-7-11-10(3)14-9-17-11/h5,9H,1,6-8H2,2-4H3. The third kappa shape index (κ3) is 3.40. The molecule has 0 aliphatic rings. The van der Waals surface area contributed by atoms with Crippen LogP contribution in [0.5, 0.6) is 0 Å². The van der Waals surface area contributed by atoms with Gasteiger partial charge in [0.1, 0.15) is 0 Å². The first-order valence-corrected chi connectivity index (χ1v) is 6.61. The normalized spacial score (nSPS) is 14.1. The molecule has 17 heavy (non-hydrogen) atoms. The summed E-state index contributed by atoms with van der Waals surface area (Å²) in [5.41, 5.74) is 2.28. The van der Waals surface area contributed by atoms with Gasteiger partial charge >= 0.3 is 5.97 Å². The van der Waals surface area contributed by atoms with Crippen molar-refractivity contribution in [1.29, 1.82) is 0 Å². The number of hydrogen-bond acceptors (Lipinski definition) is 4. The molecule has 3 nitrogen and oxygen atoms in total. The molecule has 1 heterocycles. The molecular formula is C13H19NO2S. The van der Waals surface area contributed by atoms with Crippen molar-refractivity contribution in [3.05, 3.63) is 28.7 Å². The number of aromatic nitrogens is 1. The van der Waals surface area contributed by atoms with Crippen molar-refractivity contribution in [2.45, 2.75) is 33.6 Å².